The summed E-state index contributed by atoms with van der Waals surface area (Å²) in [6.07, 6.45) is 1.05. The van der Waals surface area contributed by atoms with Crippen LogP contribution in [0.3, 0.4) is 0 Å². The smallest absolute Gasteiger partial charge is 0.421 e. The monoisotopic (exact) mass is 709 g/mol. The zero-order chi connectivity index (χ0) is 23.2. The average Bonchev–Trinajstić information content (AvgIpc) is 3.09. The average molecular weight is 710 g/mol. The van der Waals surface area contributed by atoms with Gasteiger partial charge in [-0.05, 0) is 78.1 Å². The third kappa shape index (κ3) is 7.28. The maximum Gasteiger partial charge on any atom is 0.421 e. The lowest BCUT2D eigenvalue weighted by Crippen LogP contribution is -2.28. The van der Waals surface area contributed by atoms with Crippen LogP contribution in [-0.4, -0.2) is 32.4 Å². The Morgan fingerprint density at radius 1 is 1.06 bits per heavy atom. The minimum absolute atomic E-state index is 0.119. The molecule has 0 unspecified atom stereocenters. The van der Waals surface area contributed by atoms with Crippen LogP contribution in [0.2, 0.25) is 0 Å². The molecule has 0 fully saturated rings. The number of Topliss-reactive ketones (excluding diaryl/α,β-unsaturated/α-hetero) is 1. The van der Waals surface area contributed by atoms with Crippen molar-refractivity contribution in [2.75, 3.05) is 11.1 Å². The molecule has 1 heterocycles. The molecule has 0 aliphatic carbocycles. The zero-order valence-corrected chi connectivity index (χ0v) is 23.1. The van der Waals surface area contributed by atoms with Gasteiger partial charge in [0.15, 0.2) is 5.78 Å². The Bertz CT molecular complexity index is 1080. The fraction of sp³-hybridized carbons (Fsp3) is 0.227. The third-order valence-electron chi connectivity index (χ3n) is 3.81. The highest BCUT2D eigenvalue weighted by Crippen LogP contribution is 2.27. The lowest BCUT2D eigenvalue weighted by Gasteiger charge is -2.20. The van der Waals surface area contributed by atoms with Crippen molar-refractivity contribution in [3.63, 3.8) is 0 Å². The molecule has 2 N–H and O–H groups in total. The standard InChI is InChI=1S/C14H16IN3O2.C8H6BrIO/c1-14(2,3)20-13(19)18-11(8-17-12(18)16)9-6-4-5-7-10(9)15;9-5-8(11)6-3-1-2-4-7(6)10/h4-8H,1-3H3,(H2,16,17);1-4H,5H2. The summed E-state index contributed by atoms with van der Waals surface area (Å²) in [5, 5.41) is 0.396. The van der Waals surface area contributed by atoms with E-state index in [0.717, 1.165) is 18.3 Å². The van der Waals surface area contributed by atoms with E-state index in [1.165, 1.54) is 4.57 Å². The first kappa shape index (κ1) is 25.8. The molecule has 9 heteroatoms. The lowest BCUT2D eigenvalue weighted by molar-refractivity contribution is 0.0543. The molecule has 2 aromatic carbocycles. The summed E-state index contributed by atoms with van der Waals surface area (Å²) < 4.78 is 8.68. The van der Waals surface area contributed by atoms with Gasteiger partial charge < -0.3 is 10.5 Å². The molecule has 0 bridgehead atoms. The van der Waals surface area contributed by atoms with Gasteiger partial charge in [0.1, 0.15) is 5.60 Å². The van der Waals surface area contributed by atoms with Crippen molar-refractivity contribution in [2.45, 2.75) is 26.4 Å². The number of nitrogens with zero attached hydrogens (tertiary/aromatic N) is 2. The number of carbonyl (C=O) groups excluding carboxylic acids is 2. The Morgan fingerprint density at radius 3 is 2.19 bits per heavy atom. The maximum absolute atomic E-state index is 12.3. The minimum Gasteiger partial charge on any atom is -0.443 e. The maximum atomic E-state index is 12.3. The molecular weight excluding hydrogens is 688 g/mol. The Kier molecular flexibility index (Phi) is 9.49. The number of hydrogen-bond donors (Lipinski definition) is 1. The summed E-state index contributed by atoms with van der Waals surface area (Å²) >= 11 is 7.50. The second-order valence-electron chi connectivity index (χ2n) is 7.33. The highest BCUT2D eigenvalue weighted by Gasteiger charge is 2.23. The Morgan fingerprint density at radius 2 is 1.65 bits per heavy atom. The number of ketones is 1. The molecule has 31 heavy (non-hydrogen) atoms. The van der Waals surface area contributed by atoms with E-state index in [9.17, 15) is 9.59 Å². The number of anilines is 1. The quantitative estimate of drug-likeness (QED) is 0.194. The number of halogens is 3. The summed E-state index contributed by atoms with van der Waals surface area (Å²) in [6.45, 7) is 5.43. The summed E-state index contributed by atoms with van der Waals surface area (Å²) in [5.41, 5.74) is 7.52. The van der Waals surface area contributed by atoms with Gasteiger partial charge in [0.2, 0.25) is 5.95 Å². The van der Waals surface area contributed by atoms with Gasteiger partial charge in [0, 0.05) is 18.3 Å². The van der Waals surface area contributed by atoms with Gasteiger partial charge in [-0.2, -0.15) is 0 Å². The minimum atomic E-state index is -0.588. The number of hydrogen-bond acceptors (Lipinski definition) is 5. The van der Waals surface area contributed by atoms with Crippen LogP contribution in [0, 0.1) is 7.14 Å². The van der Waals surface area contributed by atoms with Crippen LogP contribution >= 0.6 is 61.1 Å². The molecule has 3 aromatic rings. The van der Waals surface area contributed by atoms with Crippen LogP contribution in [0.4, 0.5) is 10.7 Å². The van der Waals surface area contributed by atoms with Crippen molar-refractivity contribution in [2.24, 2.45) is 0 Å². The van der Waals surface area contributed by atoms with Crippen molar-refractivity contribution in [3.8, 4) is 11.3 Å². The molecule has 0 radical (unpaired) electrons. The first-order valence-corrected chi connectivity index (χ1v) is 12.5. The number of benzene rings is 2. The molecule has 0 spiro atoms. The largest absolute Gasteiger partial charge is 0.443 e. The number of rotatable bonds is 3. The number of carbonyl (C=O) groups is 2. The van der Waals surface area contributed by atoms with Crippen LogP contribution in [-0.2, 0) is 4.74 Å². The van der Waals surface area contributed by atoms with Gasteiger partial charge in [-0.1, -0.05) is 52.3 Å². The van der Waals surface area contributed by atoms with E-state index >= 15 is 0 Å². The van der Waals surface area contributed by atoms with Gasteiger partial charge in [-0.25, -0.2) is 14.3 Å². The molecular formula is C22H22BrI2N3O3. The van der Waals surface area contributed by atoms with Crippen molar-refractivity contribution in [1.82, 2.24) is 9.55 Å². The molecule has 0 amide bonds. The van der Waals surface area contributed by atoms with E-state index in [0.29, 0.717) is 11.0 Å². The van der Waals surface area contributed by atoms with E-state index in [2.05, 4.69) is 66.1 Å². The highest BCUT2D eigenvalue weighted by atomic mass is 127. The second-order valence-corrected chi connectivity index (χ2v) is 10.2. The van der Waals surface area contributed by atoms with E-state index in [1.54, 1.807) is 6.20 Å². The number of imidazole rings is 1. The predicted molar refractivity (Wildman–Crippen MR) is 144 cm³/mol. The van der Waals surface area contributed by atoms with E-state index in [4.69, 9.17) is 10.5 Å². The van der Waals surface area contributed by atoms with E-state index < -0.39 is 11.7 Å². The van der Waals surface area contributed by atoms with Gasteiger partial charge >= 0.3 is 6.09 Å². The molecule has 3 rings (SSSR count). The molecule has 1 aromatic heterocycles. The SMILES string of the molecule is CC(C)(C)OC(=O)n1c(-c2ccccc2I)cnc1N.O=C(CBr)c1ccccc1I. The van der Waals surface area contributed by atoms with Gasteiger partial charge in [-0.3, -0.25) is 4.79 Å². The van der Waals surface area contributed by atoms with Gasteiger partial charge in [0.25, 0.3) is 0 Å². The van der Waals surface area contributed by atoms with Crippen molar-refractivity contribution < 1.29 is 14.3 Å². The first-order valence-electron chi connectivity index (χ1n) is 9.20. The number of alkyl halides is 1. The topological polar surface area (TPSA) is 87.2 Å². The fourth-order valence-corrected chi connectivity index (χ4v) is 4.14. The lowest BCUT2D eigenvalue weighted by atomic mass is 10.2. The van der Waals surface area contributed by atoms with Gasteiger partial charge in [0.05, 0.1) is 17.2 Å². The van der Waals surface area contributed by atoms with Crippen molar-refractivity contribution in [3.05, 3.63) is 67.4 Å². The van der Waals surface area contributed by atoms with Crippen LogP contribution in [0.5, 0.6) is 0 Å². The van der Waals surface area contributed by atoms with Crippen LogP contribution in [0.25, 0.3) is 11.3 Å². The third-order valence-corrected chi connectivity index (χ3v) is 6.20. The van der Waals surface area contributed by atoms with Crippen LogP contribution in [0.1, 0.15) is 31.1 Å². The molecule has 0 aliphatic rings. The van der Waals surface area contributed by atoms with Crippen LogP contribution < -0.4 is 5.73 Å². The number of ether oxygens (including phenoxy) is 1. The van der Waals surface area contributed by atoms with E-state index in [-0.39, 0.29) is 11.7 Å². The number of nitrogens with two attached hydrogens (primary N) is 1. The Labute approximate surface area is 217 Å². The number of aromatic nitrogens is 2. The normalized spacial score (nSPS) is 10.8. The predicted octanol–water partition coefficient (Wildman–Crippen LogP) is 6.39. The summed E-state index contributed by atoms with van der Waals surface area (Å²) in [5.74, 6) is 0.254. The summed E-state index contributed by atoms with van der Waals surface area (Å²) in [4.78, 5) is 27.5. The molecule has 0 saturated heterocycles. The molecule has 164 valence electrons. The summed E-state index contributed by atoms with van der Waals surface area (Å²) in [6, 6.07) is 15.3. The van der Waals surface area contributed by atoms with Crippen molar-refractivity contribution >= 4 is 78.9 Å². The Balaban J connectivity index is 0.000000262. The van der Waals surface area contributed by atoms with E-state index in [1.807, 2.05) is 69.3 Å². The molecule has 0 saturated carbocycles. The highest BCUT2D eigenvalue weighted by molar-refractivity contribution is 14.1. The number of nitrogen functional groups attached to an aromatic ring is 1. The first-order chi connectivity index (χ1) is 14.5. The summed E-state index contributed by atoms with van der Waals surface area (Å²) in [7, 11) is 0. The fourth-order valence-electron chi connectivity index (χ4n) is 2.48. The zero-order valence-electron chi connectivity index (χ0n) is 17.2. The Hall–Kier alpha value is -1.47. The van der Waals surface area contributed by atoms with Gasteiger partial charge in [-0.15, -0.1) is 0 Å². The molecule has 0 aliphatic heterocycles. The molecule has 0 atom stereocenters. The molecule has 6 nitrogen and oxygen atoms in total. The van der Waals surface area contributed by atoms with Crippen LogP contribution in [0.15, 0.2) is 54.7 Å². The second kappa shape index (κ2) is 11.4. The van der Waals surface area contributed by atoms with Crippen molar-refractivity contribution in [1.29, 1.82) is 0 Å².